The summed E-state index contributed by atoms with van der Waals surface area (Å²) < 4.78 is 0. The zero-order valence-corrected chi connectivity index (χ0v) is 10.6. The Kier molecular flexibility index (Phi) is 4.24. The van der Waals surface area contributed by atoms with Crippen LogP contribution in [0.15, 0.2) is 48.5 Å². The van der Waals surface area contributed by atoms with E-state index in [9.17, 15) is 4.79 Å². The van der Waals surface area contributed by atoms with Crippen molar-refractivity contribution in [3.05, 3.63) is 54.2 Å². The quantitative estimate of drug-likeness (QED) is 0.734. The average Bonchev–Trinajstić information content (AvgIpc) is 2.46. The van der Waals surface area contributed by atoms with Crippen LogP contribution in [0.2, 0.25) is 0 Å². The molecule has 2 aromatic rings. The minimum Gasteiger partial charge on any atom is -0.292 e. The molecule has 92 valence electrons. The smallest absolute Gasteiger partial charge is 0.181 e. The Balaban J connectivity index is 2.23. The number of aromatic nitrogens is 1. The Morgan fingerprint density at radius 2 is 1.83 bits per heavy atom. The van der Waals surface area contributed by atoms with Crippen LogP contribution >= 0.6 is 0 Å². The van der Waals surface area contributed by atoms with Gasteiger partial charge < -0.3 is 0 Å². The zero-order valence-electron chi connectivity index (χ0n) is 10.6. The van der Waals surface area contributed by atoms with Gasteiger partial charge >= 0.3 is 0 Å². The Morgan fingerprint density at radius 3 is 2.56 bits per heavy atom. The van der Waals surface area contributed by atoms with Gasteiger partial charge in [0.2, 0.25) is 0 Å². The molecule has 0 unspecified atom stereocenters. The Labute approximate surface area is 108 Å². The molecule has 0 aliphatic rings. The van der Waals surface area contributed by atoms with Crippen molar-refractivity contribution in [3.63, 3.8) is 0 Å². The second kappa shape index (κ2) is 6.10. The zero-order chi connectivity index (χ0) is 12.8. The van der Waals surface area contributed by atoms with Gasteiger partial charge in [-0.15, -0.1) is 0 Å². The van der Waals surface area contributed by atoms with Gasteiger partial charge in [-0.2, -0.15) is 0 Å². The molecule has 1 aromatic carbocycles. The molecule has 2 nitrogen and oxygen atoms in total. The molecule has 0 bridgehead atoms. The molecular formula is C16H17NO. The second-order valence-electron chi connectivity index (χ2n) is 4.30. The van der Waals surface area contributed by atoms with Crippen molar-refractivity contribution in [3.8, 4) is 11.3 Å². The van der Waals surface area contributed by atoms with Gasteiger partial charge in [-0.25, -0.2) is 4.98 Å². The molecule has 0 amide bonds. The van der Waals surface area contributed by atoms with Gasteiger partial charge in [0, 0.05) is 12.0 Å². The molecule has 0 N–H and O–H groups in total. The first-order valence-electron chi connectivity index (χ1n) is 6.37. The van der Waals surface area contributed by atoms with Crippen LogP contribution in [0.5, 0.6) is 0 Å². The lowest BCUT2D eigenvalue weighted by Gasteiger charge is -2.03. The highest BCUT2D eigenvalue weighted by molar-refractivity contribution is 5.94. The van der Waals surface area contributed by atoms with Crippen molar-refractivity contribution < 1.29 is 4.79 Å². The third kappa shape index (κ3) is 3.04. The van der Waals surface area contributed by atoms with Crippen LogP contribution < -0.4 is 0 Å². The molecule has 0 aliphatic heterocycles. The summed E-state index contributed by atoms with van der Waals surface area (Å²) in [4.78, 5) is 16.4. The first-order valence-corrected chi connectivity index (χ1v) is 6.37. The van der Waals surface area contributed by atoms with E-state index >= 15 is 0 Å². The summed E-state index contributed by atoms with van der Waals surface area (Å²) in [7, 11) is 0. The number of nitrogens with zero attached hydrogens (tertiary/aromatic N) is 1. The topological polar surface area (TPSA) is 30.0 Å². The molecule has 0 saturated carbocycles. The highest BCUT2D eigenvalue weighted by Gasteiger charge is 2.08. The minimum absolute atomic E-state index is 0.134. The number of carbonyl (C=O) groups excluding carboxylic acids is 1. The predicted octanol–water partition coefficient (Wildman–Crippen LogP) is 4.12. The maximum Gasteiger partial charge on any atom is 0.181 e. The van der Waals surface area contributed by atoms with Crippen molar-refractivity contribution in [1.29, 1.82) is 0 Å². The van der Waals surface area contributed by atoms with E-state index in [1.54, 1.807) is 6.07 Å². The van der Waals surface area contributed by atoms with Crippen LogP contribution in [0.1, 0.15) is 36.7 Å². The Hall–Kier alpha value is -1.96. The van der Waals surface area contributed by atoms with Crippen molar-refractivity contribution in [2.24, 2.45) is 0 Å². The van der Waals surface area contributed by atoms with E-state index in [0.29, 0.717) is 12.1 Å². The minimum atomic E-state index is 0.134. The molecule has 0 aliphatic carbocycles. The number of hydrogen-bond acceptors (Lipinski definition) is 2. The largest absolute Gasteiger partial charge is 0.292 e. The Bertz CT molecular complexity index is 520. The molecule has 0 fully saturated rings. The normalized spacial score (nSPS) is 10.3. The number of ketones is 1. The third-order valence-electron chi connectivity index (χ3n) is 2.86. The van der Waals surface area contributed by atoms with Gasteiger partial charge in [-0.05, 0) is 18.6 Å². The lowest BCUT2D eigenvalue weighted by Crippen LogP contribution is -2.02. The monoisotopic (exact) mass is 239 g/mol. The summed E-state index contributed by atoms with van der Waals surface area (Å²) in [6, 6.07) is 15.6. The van der Waals surface area contributed by atoms with Gasteiger partial charge in [0.1, 0.15) is 5.69 Å². The van der Waals surface area contributed by atoms with Gasteiger partial charge in [-0.3, -0.25) is 4.79 Å². The summed E-state index contributed by atoms with van der Waals surface area (Å²) in [5, 5.41) is 0. The summed E-state index contributed by atoms with van der Waals surface area (Å²) in [5.74, 6) is 0.134. The van der Waals surface area contributed by atoms with Crippen LogP contribution in [-0.4, -0.2) is 10.8 Å². The van der Waals surface area contributed by atoms with Crippen molar-refractivity contribution >= 4 is 5.78 Å². The summed E-state index contributed by atoms with van der Waals surface area (Å²) in [5.41, 5.74) is 2.48. The Morgan fingerprint density at radius 1 is 1.06 bits per heavy atom. The molecule has 0 atom stereocenters. The molecule has 18 heavy (non-hydrogen) atoms. The molecule has 0 radical (unpaired) electrons. The maximum absolute atomic E-state index is 11.9. The van der Waals surface area contributed by atoms with E-state index in [0.717, 1.165) is 24.1 Å². The summed E-state index contributed by atoms with van der Waals surface area (Å²) in [6.07, 6.45) is 2.54. The summed E-state index contributed by atoms with van der Waals surface area (Å²) in [6.45, 7) is 2.08. The standard InChI is InChI=1S/C16H17NO/c1-2-3-12-16(18)15-11-7-10-14(17-15)13-8-5-4-6-9-13/h4-11H,2-3,12H2,1H3. The second-order valence-corrected chi connectivity index (χ2v) is 4.30. The molecule has 0 spiro atoms. The SMILES string of the molecule is CCCCC(=O)c1cccc(-c2ccccc2)n1. The van der Waals surface area contributed by atoms with Gasteiger partial charge in [0.25, 0.3) is 0 Å². The number of Topliss-reactive ketones (excluding diaryl/α,β-unsaturated/α-hetero) is 1. The van der Waals surface area contributed by atoms with Crippen LogP contribution in [0, 0.1) is 0 Å². The van der Waals surface area contributed by atoms with Gasteiger partial charge in [0.15, 0.2) is 5.78 Å². The van der Waals surface area contributed by atoms with E-state index in [1.165, 1.54) is 0 Å². The first kappa shape index (κ1) is 12.5. The van der Waals surface area contributed by atoms with E-state index in [1.807, 2.05) is 42.5 Å². The molecule has 2 rings (SSSR count). The van der Waals surface area contributed by atoms with Crippen LogP contribution in [0.4, 0.5) is 0 Å². The molecular weight excluding hydrogens is 222 g/mol. The number of benzene rings is 1. The molecule has 0 saturated heterocycles. The van der Waals surface area contributed by atoms with Crippen molar-refractivity contribution in [2.45, 2.75) is 26.2 Å². The lowest BCUT2D eigenvalue weighted by atomic mass is 10.1. The number of pyridine rings is 1. The average molecular weight is 239 g/mol. The van der Waals surface area contributed by atoms with Gasteiger partial charge in [-0.1, -0.05) is 49.7 Å². The highest BCUT2D eigenvalue weighted by Crippen LogP contribution is 2.17. The number of hydrogen-bond donors (Lipinski definition) is 0. The maximum atomic E-state index is 11.9. The van der Waals surface area contributed by atoms with Crippen LogP contribution in [0.3, 0.4) is 0 Å². The van der Waals surface area contributed by atoms with Crippen molar-refractivity contribution in [1.82, 2.24) is 4.98 Å². The first-order chi connectivity index (χ1) is 8.81. The van der Waals surface area contributed by atoms with E-state index in [4.69, 9.17) is 0 Å². The van der Waals surface area contributed by atoms with Gasteiger partial charge in [0.05, 0.1) is 5.69 Å². The third-order valence-corrected chi connectivity index (χ3v) is 2.86. The molecule has 1 aromatic heterocycles. The van der Waals surface area contributed by atoms with Crippen LogP contribution in [0.25, 0.3) is 11.3 Å². The van der Waals surface area contributed by atoms with Crippen molar-refractivity contribution in [2.75, 3.05) is 0 Å². The molecule has 2 heteroatoms. The highest BCUT2D eigenvalue weighted by atomic mass is 16.1. The fourth-order valence-electron chi connectivity index (χ4n) is 1.83. The van der Waals surface area contributed by atoms with E-state index in [-0.39, 0.29) is 5.78 Å². The number of carbonyl (C=O) groups is 1. The summed E-state index contributed by atoms with van der Waals surface area (Å²) >= 11 is 0. The molecule has 1 heterocycles. The lowest BCUT2D eigenvalue weighted by molar-refractivity contribution is 0.0975. The number of unbranched alkanes of at least 4 members (excludes halogenated alkanes) is 1. The number of rotatable bonds is 5. The predicted molar refractivity (Wildman–Crippen MR) is 73.5 cm³/mol. The van der Waals surface area contributed by atoms with E-state index < -0.39 is 0 Å². The van der Waals surface area contributed by atoms with E-state index in [2.05, 4.69) is 11.9 Å². The fourth-order valence-corrected chi connectivity index (χ4v) is 1.83. The van der Waals surface area contributed by atoms with Crippen LogP contribution in [-0.2, 0) is 0 Å². The fraction of sp³-hybridized carbons (Fsp3) is 0.250.